The lowest BCUT2D eigenvalue weighted by Crippen LogP contribution is -2.31. The molecule has 0 aliphatic rings. The molecule has 150 valence electrons. The van der Waals surface area contributed by atoms with Crippen LogP contribution in [0, 0.1) is 0 Å². The average Bonchev–Trinajstić information content (AvgIpc) is 3.11. The molecule has 6 nitrogen and oxygen atoms in total. The Bertz CT molecular complexity index is 1120. The zero-order valence-corrected chi connectivity index (χ0v) is 16.7. The van der Waals surface area contributed by atoms with Crippen LogP contribution in [-0.4, -0.2) is 27.8 Å². The minimum absolute atomic E-state index is 0.254. The second-order valence-electron chi connectivity index (χ2n) is 6.99. The van der Waals surface area contributed by atoms with Crippen LogP contribution in [0.25, 0.3) is 16.9 Å². The van der Waals surface area contributed by atoms with Gasteiger partial charge in [-0.25, -0.2) is 9.48 Å². The third-order valence-electron chi connectivity index (χ3n) is 4.81. The van der Waals surface area contributed by atoms with E-state index in [1.807, 2.05) is 91.0 Å². The van der Waals surface area contributed by atoms with Gasteiger partial charge in [0, 0.05) is 19.2 Å². The fourth-order valence-corrected chi connectivity index (χ4v) is 3.25. The predicted molar refractivity (Wildman–Crippen MR) is 120 cm³/mol. The summed E-state index contributed by atoms with van der Waals surface area (Å²) in [6.45, 7) is 0.486. The number of carbonyl (C=O) groups excluding carboxylic acids is 1. The number of nitrogens with two attached hydrogens (primary N) is 1. The smallest absolute Gasteiger partial charge is 0.322 e. The maximum atomic E-state index is 12.9. The van der Waals surface area contributed by atoms with Gasteiger partial charge in [-0.2, -0.15) is 5.10 Å². The zero-order chi connectivity index (χ0) is 20.9. The second-order valence-corrected chi connectivity index (χ2v) is 6.99. The van der Waals surface area contributed by atoms with Gasteiger partial charge in [0.1, 0.15) is 11.4 Å². The van der Waals surface area contributed by atoms with Gasteiger partial charge in [-0.1, -0.05) is 78.9 Å². The number of hydrogen-bond acceptors (Lipinski definition) is 3. The molecule has 0 radical (unpaired) electrons. The molecule has 4 rings (SSSR count). The van der Waals surface area contributed by atoms with Crippen molar-refractivity contribution >= 4 is 17.5 Å². The van der Waals surface area contributed by atoms with E-state index in [0.29, 0.717) is 23.7 Å². The van der Waals surface area contributed by atoms with Gasteiger partial charge in [-0.3, -0.25) is 0 Å². The molecule has 0 aliphatic heterocycles. The van der Waals surface area contributed by atoms with Gasteiger partial charge in [-0.05, 0) is 17.7 Å². The largest absolute Gasteiger partial charge is 0.382 e. The number of para-hydroxylation sites is 1. The molecule has 3 N–H and O–H groups in total. The molecule has 0 fully saturated rings. The summed E-state index contributed by atoms with van der Waals surface area (Å²) in [6.07, 6.45) is 0. The number of amides is 2. The number of nitrogens with one attached hydrogen (secondary N) is 1. The highest BCUT2D eigenvalue weighted by molar-refractivity contribution is 5.97. The Morgan fingerprint density at radius 2 is 1.50 bits per heavy atom. The van der Waals surface area contributed by atoms with Gasteiger partial charge in [0.2, 0.25) is 0 Å². The molecule has 0 bridgehead atoms. The Balaban J connectivity index is 1.67. The van der Waals surface area contributed by atoms with Crippen LogP contribution in [0.4, 0.5) is 16.3 Å². The molecule has 0 spiro atoms. The molecule has 0 saturated heterocycles. The first kappa shape index (κ1) is 19.3. The molecule has 0 aliphatic carbocycles. The Morgan fingerprint density at radius 3 is 2.13 bits per heavy atom. The Hall–Kier alpha value is -4.06. The molecule has 1 aromatic heterocycles. The zero-order valence-electron chi connectivity index (χ0n) is 16.7. The summed E-state index contributed by atoms with van der Waals surface area (Å²) in [6, 6.07) is 28.9. The maximum absolute atomic E-state index is 12.9. The first-order valence-electron chi connectivity index (χ1n) is 9.69. The monoisotopic (exact) mass is 397 g/mol. The van der Waals surface area contributed by atoms with E-state index in [-0.39, 0.29) is 6.03 Å². The van der Waals surface area contributed by atoms with Crippen LogP contribution in [0.1, 0.15) is 5.56 Å². The van der Waals surface area contributed by atoms with Crippen molar-refractivity contribution in [2.45, 2.75) is 6.54 Å². The number of benzene rings is 3. The number of nitrogen functional groups attached to an aromatic ring is 1. The number of anilines is 2. The van der Waals surface area contributed by atoms with Crippen LogP contribution < -0.4 is 11.1 Å². The molecule has 30 heavy (non-hydrogen) atoms. The van der Waals surface area contributed by atoms with E-state index in [2.05, 4.69) is 5.32 Å². The van der Waals surface area contributed by atoms with Gasteiger partial charge in [0.05, 0.1) is 5.69 Å². The number of urea groups is 1. The van der Waals surface area contributed by atoms with Gasteiger partial charge >= 0.3 is 6.03 Å². The number of carbonyl (C=O) groups is 1. The van der Waals surface area contributed by atoms with Gasteiger partial charge in [0.25, 0.3) is 0 Å². The lowest BCUT2D eigenvalue weighted by atomic mass is 10.1. The van der Waals surface area contributed by atoms with Gasteiger partial charge < -0.3 is 16.0 Å². The van der Waals surface area contributed by atoms with Gasteiger partial charge in [0.15, 0.2) is 5.82 Å². The summed E-state index contributed by atoms with van der Waals surface area (Å²) in [5.41, 5.74) is 10.3. The Morgan fingerprint density at radius 1 is 0.933 bits per heavy atom. The quantitative estimate of drug-likeness (QED) is 0.509. The van der Waals surface area contributed by atoms with Crippen molar-refractivity contribution in [2.75, 3.05) is 18.1 Å². The highest BCUT2D eigenvalue weighted by Crippen LogP contribution is 2.34. The lowest BCUT2D eigenvalue weighted by Gasteiger charge is -2.18. The van der Waals surface area contributed by atoms with E-state index in [0.717, 1.165) is 16.8 Å². The molecular weight excluding hydrogens is 374 g/mol. The second kappa shape index (κ2) is 8.53. The number of aromatic nitrogens is 2. The summed E-state index contributed by atoms with van der Waals surface area (Å²) >= 11 is 0. The molecule has 0 saturated carbocycles. The standard InChI is InChI=1S/C24H23N5O/c1-28(17-18-11-5-2-6-12-18)24(30)26-22-21(19-13-7-3-8-14-19)27-29(23(22)25)20-15-9-4-10-16-20/h2-16H,17,25H2,1H3,(H,26,30). The molecule has 0 atom stereocenters. The Labute approximate surface area is 175 Å². The average molecular weight is 397 g/mol. The predicted octanol–water partition coefficient (Wildman–Crippen LogP) is 4.79. The van der Waals surface area contributed by atoms with Crippen molar-refractivity contribution in [3.63, 3.8) is 0 Å². The third-order valence-corrected chi connectivity index (χ3v) is 4.81. The van der Waals surface area contributed by atoms with E-state index >= 15 is 0 Å². The minimum Gasteiger partial charge on any atom is -0.382 e. The van der Waals surface area contributed by atoms with Crippen molar-refractivity contribution in [1.82, 2.24) is 14.7 Å². The SMILES string of the molecule is CN(Cc1ccccc1)C(=O)Nc1c(-c2ccccc2)nn(-c2ccccc2)c1N. The van der Waals surface area contributed by atoms with Crippen molar-refractivity contribution in [2.24, 2.45) is 0 Å². The van der Waals surface area contributed by atoms with Crippen molar-refractivity contribution in [3.8, 4) is 16.9 Å². The van der Waals surface area contributed by atoms with E-state index in [1.54, 1.807) is 16.6 Å². The summed E-state index contributed by atoms with van der Waals surface area (Å²) in [4.78, 5) is 14.5. The first-order valence-corrected chi connectivity index (χ1v) is 9.69. The highest BCUT2D eigenvalue weighted by atomic mass is 16.2. The maximum Gasteiger partial charge on any atom is 0.322 e. The third kappa shape index (κ3) is 4.03. The summed E-state index contributed by atoms with van der Waals surface area (Å²) in [7, 11) is 1.75. The van der Waals surface area contributed by atoms with E-state index in [4.69, 9.17) is 10.8 Å². The molecule has 4 aromatic rings. The highest BCUT2D eigenvalue weighted by Gasteiger charge is 2.21. The number of nitrogens with zero attached hydrogens (tertiary/aromatic N) is 3. The summed E-state index contributed by atoms with van der Waals surface area (Å²) < 4.78 is 1.65. The van der Waals surface area contributed by atoms with Crippen LogP contribution >= 0.6 is 0 Å². The summed E-state index contributed by atoms with van der Waals surface area (Å²) in [5, 5.41) is 7.67. The van der Waals surface area contributed by atoms with Crippen molar-refractivity contribution in [1.29, 1.82) is 0 Å². The molecule has 0 unspecified atom stereocenters. The van der Waals surface area contributed by atoms with Crippen LogP contribution in [-0.2, 0) is 6.54 Å². The van der Waals surface area contributed by atoms with Crippen LogP contribution in [0.3, 0.4) is 0 Å². The van der Waals surface area contributed by atoms with Crippen LogP contribution in [0.2, 0.25) is 0 Å². The normalized spacial score (nSPS) is 10.6. The van der Waals surface area contributed by atoms with E-state index in [1.165, 1.54) is 0 Å². The van der Waals surface area contributed by atoms with Crippen molar-refractivity contribution in [3.05, 3.63) is 96.6 Å². The first-order chi connectivity index (χ1) is 14.6. The molecule has 3 aromatic carbocycles. The molecule has 2 amide bonds. The topological polar surface area (TPSA) is 76.2 Å². The van der Waals surface area contributed by atoms with E-state index < -0.39 is 0 Å². The molecule has 6 heteroatoms. The number of hydrogen-bond donors (Lipinski definition) is 2. The van der Waals surface area contributed by atoms with Crippen LogP contribution in [0.5, 0.6) is 0 Å². The number of rotatable bonds is 5. The van der Waals surface area contributed by atoms with Gasteiger partial charge in [-0.15, -0.1) is 0 Å². The van der Waals surface area contributed by atoms with Crippen molar-refractivity contribution < 1.29 is 4.79 Å². The lowest BCUT2D eigenvalue weighted by molar-refractivity contribution is 0.220. The summed E-state index contributed by atoms with van der Waals surface area (Å²) in [5.74, 6) is 0.376. The fourth-order valence-electron chi connectivity index (χ4n) is 3.25. The van der Waals surface area contributed by atoms with Crippen LogP contribution in [0.15, 0.2) is 91.0 Å². The molecule has 1 heterocycles. The van der Waals surface area contributed by atoms with E-state index in [9.17, 15) is 4.79 Å². The fraction of sp³-hybridized carbons (Fsp3) is 0.0833. The Kier molecular flexibility index (Phi) is 5.48. The molecular formula is C24H23N5O. The minimum atomic E-state index is -0.254.